The molecule has 9 nitrogen and oxygen atoms in total. The zero-order valence-electron chi connectivity index (χ0n) is 24.3. The number of likely N-dealkylation sites (N-methyl/N-ethyl adjacent to an activating group) is 1. The van der Waals surface area contributed by atoms with Gasteiger partial charge in [-0.25, -0.2) is 9.59 Å². The summed E-state index contributed by atoms with van der Waals surface area (Å²) in [5, 5.41) is 24.5. The molecule has 1 atom stereocenters. The molecule has 0 spiro atoms. The highest BCUT2D eigenvalue weighted by Gasteiger charge is 2.29. The molecule has 0 aliphatic carbocycles. The highest BCUT2D eigenvalue weighted by atomic mass is 32.2. The molecule has 1 fully saturated rings. The molecular formula is C32H36N2O7S2. The summed E-state index contributed by atoms with van der Waals surface area (Å²) in [5.41, 5.74) is 3.01. The van der Waals surface area contributed by atoms with E-state index in [0.29, 0.717) is 23.9 Å². The van der Waals surface area contributed by atoms with E-state index < -0.39 is 11.9 Å². The van der Waals surface area contributed by atoms with Gasteiger partial charge in [-0.15, -0.1) is 11.8 Å². The Morgan fingerprint density at radius 1 is 0.907 bits per heavy atom. The molecule has 3 aromatic rings. The number of nitrogens with zero attached hydrogens (tertiary/aromatic N) is 2. The number of aliphatic carboxylic acids is 2. The van der Waals surface area contributed by atoms with Crippen molar-refractivity contribution in [3.8, 4) is 11.5 Å². The van der Waals surface area contributed by atoms with Crippen LogP contribution >= 0.6 is 23.5 Å². The van der Waals surface area contributed by atoms with E-state index in [0.717, 1.165) is 19.5 Å². The van der Waals surface area contributed by atoms with Crippen molar-refractivity contribution in [2.24, 2.45) is 0 Å². The van der Waals surface area contributed by atoms with Crippen molar-refractivity contribution < 1.29 is 34.4 Å². The fourth-order valence-corrected chi connectivity index (χ4v) is 6.06. The van der Waals surface area contributed by atoms with Gasteiger partial charge >= 0.3 is 17.9 Å². The van der Waals surface area contributed by atoms with Crippen LogP contribution in [0.1, 0.15) is 24.1 Å². The van der Waals surface area contributed by atoms with E-state index in [4.69, 9.17) is 20.1 Å². The number of benzene rings is 3. The number of phenolic OH excluding ortho intramolecular Hbond substituents is 1. The van der Waals surface area contributed by atoms with Crippen molar-refractivity contribution in [1.82, 2.24) is 9.80 Å². The second kappa shape index (κ2) is 16.8. The first kappa shape index (κ1) is 33.7. The average molecular weight is 625 g/mol. The van der Waals surface area contributed by atoms with Crippen molar-refractivity contribution in [2.75, 3.05) is 39.5 Å². The number of carbonyl (C=O) groups excluding carboxylic acids is 1. The van der Waals surface area contributed by atoms with E-state index in [9.17, 15) is 14.4 Å². The largest absolute Gasteiger partial charge is 0.508 e. The van der Waals surface area contributed by atoms with Gasteiger partial charge in [0.25, 0.3) is 0 Å². The Balaban J connectivity index is 0.000000221. The average Bonchev–Trinajstić information content (AvgIpc) is 3.14. The molecule has 228 valence electrons. The minimum Gasteiger partial charge on any atom is -0.508 e. The minimum absolute atomic E-state index is 0.154. The van der Waals surface area contributed by atoms with Crippen LogP contribution in [0.5, 0.6) is 11.5 Å². The number of thioether (sulfide) groups is 1. The number of esters is 1. The first-order valence-electron chi connectivity index (χ1n) is 13.5. The Morgan fingerprint density at radius 3 is 2.12 bits per heavy atom. The predicted octanol–water partition coefficient (Wildman–Crippen LogP) is 5.43. The van der Waals surface area contributed by atoms with Gasteiger partial charge in [-0.2, -0.15) is 0 Å². The van der Waals surface area contributed by atoms with Crippen LogP contribution < -0.4 is 4.74 Å². The van der Waals surface area contributed by atoms with Crippen LogP contribution in [0, 0.1) is 0 Å². The number of hydrogen-bond donors (Lipinski definition) is 3. The monoisotopic (exact) mass is 624 g/mol. The van der Waals surface area contributed by atoms with Gasteiger partial charge in [0.2, 0.25) is 0 Å². The Labute approximate surface area is 260 Å². The standard InChI is InChI=1S/C20H24N2S2.C8H8O3.C4H4O4/c1-21-9-11-22(12-10-21)18-13-15-5-3-4-6-19(15)24-20-8-7-16(23-2)14-17(18)20;1-6(9)11-8-4-2-7(10)3-5-8;5-3(6)1-2-4(7)8/h3-8,14,18H,9-13H2,1-2H3;2-5,10H,1H3;1-2H,(H,5,6)(H,7,8). The molecule has 3 N–H and O–H groups in total. The SMILES string of the molecule is CC(=O)Oc1ccc(O)cc1.CSc1ccc2c(c1)C(N1CCN(C)CC1)Cc1ccccc1S2.O=C(O)C=CC(=O)O. The molecule has 1 saturated heterocycles. The highest BCUT2D eigenvalue weighted by molar-refractivity contribution is 7.99. The number of carbonyl (C=O) groups is 3. The Morgan fingerprint density at radius 2 is 1.53 bits per heavy atom. The summed E-state index contributed by atoms with van der Waals surface area (Å²) in [6, 6.07) is 22.4. The summed E-state index contributed by atoms with van der Waals surface area (Å²) in [6.07, 6.45) is 4.41. The summed E-state index contributed by atoms with van der Waals surface area (Å²) in [7, 11) is 2.23. The van der Waals surface area contributed by atoms with Crippen molar-refractivity contribution >= 4 is 41.4 Å². The minimum atomic E-state index is -1.26. The number of carboxylic acids is 2. The second-order valence-electron chi connectivity index (χ2n) is 9.77. The molecule has 2 aliphatic rings. The maximum Gasteiger partial charge on any atom is 0.328 e. The van der Waals surface area contributed by atoms with Crippen LogP contribution in [0.15, 0.2) is 93.6 Å². The molecule has 0 aromatic heterocycles. The lowest BCUT2D eigenvalue weighted by Gasteiger charge is -2.38. The Hall–Kier alpha value is -3.77. The molecule has 11 heteroatoms. The lowest BCUT2D eigenvalue weighted by Crippen LogP contribution is -2.46. The predicted molar refractivity (Wildman–Crippen MR) is 168 cm³/mol. The number of rotatable bonds is 5. The van der Waals surface area contributed by atoms with Crippen LogP contribution in [0.2, 0.25) is 0 Å². The van der Waals surface area contributed by atoms with E-state index in [-0.39, 0.29) is 11.7 Å². The smallest absolute Gasteiger partial charge is 0.328 e. The summed E-state index contributed by atoms with van der Waals surface area (Å²) in [4.78, 5) is 38.9. The number of phenols is 1. The maximum atomic E-state index is 10.4. The van der Waals surface area contributed by atoms with Gasteiger partial charge in [-0.05, 0) is 79.4 Å². The lowest BCUT2D eigenvalue weighted by molar-refractivity contribution is -0.134. The summed E-state index contributed by atoms with van der Waals surface area (Å²) in [5.74, 6) is -2.29. The van der Waals surface area contributed by atoms with Crippen LogP contribution in [-0.4, -0.2) is 82.5 Å². The van der Waals surface area contributed by atoms with Crippen LogP contribution in [0.4, 0.5) is 0 Å². The highest BCUT2D eigenvalue weighted by Crippen LogP contribution is 2.44. The summed E-state index contributed by atoms with van der Waals surface area (Å²) in [6.45, 7) is 5.99. The first-order valence-corrected chi connectivity index (χ1v) is 15.6. The van der Waals surface area contributed by atoms with E-state index in [1.807, 2.05) is 23.5 Å². The third-order valence-corrected chi connectivity index (χ3v) is 8.56. The zero-order valence-corrected chi connectivity index (χ0v) is 25.9. The van der Waals surface area contributed by atoms with Gasteiger partial charge in [-0.3, -0.25) is 9.69 Å². The topological polar surface area (TPSA) is 128 Å². The first-order chi connectivity index (χ1) is 20.5. The lowest BCUT2D eigenvalue weighted by atomic mass is 9.96. The molecule has 3 aromatic carbocycles. The number of piperazine rings is 1. The number of aromatic hydroxyl groups is 1. The third kappa shape index (κ3) is 11.1. The molecule has 2 aliphatic heterocycles. The fourth-order valence-electron chi connectivity index (χ4n) is 4.50. The quantitative estimate of drug-likeness (QED) is 0.145. The van der Waals surface area contributed by atoms with E-state index in [1.54, 1.807) is 0 Å². The normalized spacial score (nSPS) is 16.3. The summed E-state index contributed by atoms with van der Waals surface area (Å²) < 4.78 is 4.72. The van der Waals surface area contributed by atoms with Crippen LogP contribution in [-0.2, 0) is 20.8 Å². The molecule has 5 rings (SSSR count). The van der Waals surface area contributed by atoms with Crippen molar-refractivity contribution in [1.29, 1.82) is 0 Å². The van der Waals surface area contributed by atoms with Crippen molar-refractivity contribution in [2.45, 2.75) is 34.1 Å². The molecule has 0 radical (unpaired) electrons. The molecule has 43 heavy (non-hydrogen) atoms. The molecule has 1 unspecified atom stereocenters. The van der Waals surface area contributed by atoms with Gasteiger partial charge in [0.15, 0.2) is 0 Å². The van der Waals surface area contributed by atoms with E-state index in [1.165, 1.54) is 70.1 Å². The van der Waals surface area contributed by atoms with Crippen LogP contribution in [0.25, 0.3) is 0 Å². The van der Waals surface area contributed by atoms with E-state index in [2.05, 4.69) is 65.6 Å². The Bertz CT molecular complexity index is 1410. The Kier molecular flexibility index (Phi) is 13.1. The molecule has 2 heterocycles. The molecule has 0 bridgehead atoms. The number of fused-ring (bicyclic) bond motifs is 2. The van der Waals surface area contributed by atoms with Gasteiger partial charge in [-0.1, -0.05) is 30.0 Å². The molecule has 0 amide bonds. The third-order valence-electron chi connectivity index (χ3n) is 6.63. The molecule has 0 saturated carbocycles. The van der Waals surface area contributed by atoms with Crippen molar-refractivity contribution in [3.05, 3.63) is 90.0 Å². The number of hydrogen-bond acceptors (Lipinski definition) is 9. The van der Waals surface area contributed by atoms with Gasteiger partial charge in [0.05, 0.1) is 0 Å². The maximum absolute atomic E-state index is 10.4. The second-order valence-corrected chi connectivity index (χ2v) is 11.7. The fraction of sp³-hybridized carbons (Fsp3) is 0.281. The van der Waals surface area contributed by atoms with Gasteiger partial charge in [0, 0.05) is 66.0 Å². The molecular weight excluding hydrogens is 588 g/mol. The summed E-state index contributed by atoms with van der Waals surface area (Å²) >= 11 is 3.79. The van der Waals surface area contributed by atoms with Crippen LogP contribution in [0.3, 0.4) is 0 Å². The van der Waals surface area contributed by atoms with Crippen molar-refractivity contribution in [3.63, 3.8) is 0 Å². The number of carboxylic acid groups (broad SMARTS) is 2. The van der Waals surface area contributed by atoms with Gasteiger partial charge < -0.3 is 25.0 Å². The van der Waals surface area contributed by atoms with E-state index >= 15 is 0 Å². The zero-order chi connectivity index (χ0) is 31.4. The van der Waals surface area contributed by atoms with Gasteiger partial charge in [0.1, 0.15) is 11.5 Å². The number of ether oxygens (including phenoxy) is 1.